The molecule has 0 saturated carbocycles. The molecule has 14 heteroatoms. The van der Waals surface area contributed by atoms with Gasteiger partial charge in [0.25, 0.3) is 0 Å². The quantitative estimate of drug-likeness (QED) is 0.0968. The summed E-state index contributed by atoms with van der Waals surface area (Å²) in [4.78, 5) is 24.7. The number of nitrogens with zero attached hydrogens (tertiary/aromatic N) is 4. The van der Waals surface area contributed by atoms with Gasteiger partial charge in [-0.1, -0.05) is 0 Å². The van der Waals surface area contributed by atoms with Gasteiger partial charge in [-0.15, -0.1) is 0 Å². The van der Waals surface area contributed by atoms with Crippen LogP contribution < -0.4 is 18.9 Å². The fourth-order valence-corrected chi connectivity index (χ4v) is 4.88. The molecule has 0 fully saturated rings. The van der Waals surface area contributed by atoms with E-state index in [2.05, 4.69) is 29.9 Å². The summed E-state index contributed by atoms with van der Waals surface area (Å²) < 4.78 is 44.2. The van der Waals surface area contributed by atoms with Crippen molar-refractivity contribution in [2.75, 3.05) is 80.3 Å². The Bertz CT molecular complexity index is 1770. The highest BCUT2D eigenvalue weighted by Crippen LogP contribution is 2.25. The molecule has 0 aliphatic heterocycles. The Morgan fingerprint density at radius 1 is 0.460 bits per heavy atom. The van der Waals surface area contributed by atoms with Crippen LogP contribution in [0, 0.1) is 0 Å². The summed E-state index contributed by atoms with van der Waals surface area (Å²) in [6.45, 7) is 4.52. The maximum atomic E-state index is 5.73. The number of pyridine rings is 2. The van der Waals surface area contributed by atoms with Gasteiger partial charge in [-0.05, 0) is 48.5 Å². The lowest BCUT2D eigenvalue weighted by Crippen LogP contribution is -2.14. The third-order valence-corrected chi connectivity index (χ3v) is 7.45. The van der Waals surface area contributed by atoms with Crippen LogP contribution >= 0.6 is 0 Å². The Kier molecular flexibility index (Phi) is 12.4. The first-order chi connectivity index (χ1) is 24.7. The first kappa shape index (κ1) is 34.6. The second-order valence-electron chi connectivity index (χ2n) is 10.8. The van der Waals surface area contributed by atoms with Crippen molar-refractivity contribution < 1.29 is 37.9 Å². The average molecular weight is 685 g/mol. The first-order valence-corrected chi connectivity index (χ1v) is 16.3. The van der Waals surface area contributed by atoms with E-state index in [1.807, 2.05) is 60.7 Å². The molecule has 0 aliphatic carbocycles. The topological polar surface area (TPSA) is 157 Å². The number of nitrogens with one attached hydrogen (secondary N) is 2. The minimum atomic E-state index is 0.406. The SMILES string of the molecule is COc1ccc2[nH]c(-c3ccc(OCCOCCOCCOCCOCCOc4ccc(-c5nc6cc(OC)ccc6[nH]5)nc4)cn3)nc2c1. The maximum Gasteiger partial charge on any atom is 0.157 e. The van der Waals surface area contributed by atoms with Crippen molar-refractivity contribution >= 4 is 22.1 Å². The van der Waals surface area contributed by atoms with Crippen molar-refractivity contribution in [2.45, 2.75) is 0 Å². The van der Waals surface area contributed by atoms with Crippen LogP contribution in [-0.2, 0) is 18.9 Å². The van der Waals surface area contributed by atoms with E-state index in [4.69, 9.17) is 37.9 Å². The molecule has 2 N–H and O–H groups in total. The van der Waals surface area contributed by atoms with E-state index in [1.165, 1.54) is 0 Å². The van der Waals surface area contributed by atoms with Gasteiger partial charge in [0, 0.05) is 12.1 Å². The molecular weight excluding hydrogens is 644 g/mol. The Hall–Kier alpha value is -5.28. The Balaban J connectivity index is 0.736. The van der Waals surface area contributed by atoms with Crippen molar-refractivity contribution in [2.24, 2.45) is 0 Å². The maximum absolute atomic E-state index is 5.73. The second kappa shape index (κ2) is 17.9. The largest absolute Gasteiger partial charge is 0.497 e. The molecule has 2 aromatic carbocycles. The lowest BCUT2D eigenvalue weighted by atomic mass is 10.3. The van der Waals surface area contributed by atoms with Gasteiger partial charge in [0.15, 0.2) is 11.6 Å². The van der Waals surface area contributed by atoms with E-state index in [0.717, 1.165) is 45.0 Å². The van der Waals surface area contributed by atoms with Crippen LogP contribution in [0.1, 0.15) is 0 Å². The van der Waals surface area contributed by atoms with Gasteiger partial charge < -0.3 is 47.9 Å². The molecule has 0 radical (unpaired) electrons. The van der Waals surface area contributed by atoms with Crippen LogP contribution in [0.5, 0.6) is 23.0 Å². The Morgan fingerprint density at radius 3 is 1.20 bits per heavy atom. The molecular formula is C36H40N6O8. The van der Waals surface area contributed by atoms with Crippen LogP contribution in [0.15, 0.2) is 73.1 Å². The van der Waals surface area contributed by atoms with Gasteiger partial charge >= 0.3 is 0 Å². The molecule has 0 spiro atoms. The summed E-state index contributed by atoms with van der Waals surface area (Å²) >= 11 is 0. The van der Waals surface area contributed by atoms with Gasteiger partial charge in [0.05, 0.1) is 102 Å². The number of aromatic nitrogens is 6. The molecule has 6 aromatic rings. The van der Waals surface area contributed by atoms with E-state index in [-0.39, 0.29) is 0 Å². The van der Waals surface area contributed by atoms with E-state index in [1.54, 1.807) is 26.6 Å². The number of rotatable bonds is 21. The van der Waals surface area contributed by atoms with E-state index in [0.29, 0.717) is 89.2 Å². The van der Waals surface area contributed by atoms with Gasteiger partial charge in [0.1, 0.15) is 47.6 Å². The van der Waals surface area contributed by atoms with Crippen molar-refractivity contribution in [3.8, 4) is 46.0 Å². The van der Waals surface area contributed by atoms with Crippen LogP contribution in [0.25, 0.3) is 45.1 Å². The molecule has 0 atom stereocenters. The lowest BCUT2D eigenvalue weighted by Gasteiger charge is -2.09. The number of imidazole rings is 2. The van der Waals surface area contributed by atoms with E-state index < -0.39 is 0 Å². The summed E-state index contributed by atoms with van der Waals surface area (Å²) in [5.74, 6) is 4.20. The smallest absolute Gasteiger partial charge is 0.157 e. The molecule has 0 unspecified atom stereocenters. The molecule has 50 heavy (non-hydrogen) atoms. The highest BCUT2D eigenvalue weighted by Gasteiger charge is 2.09. The second-order valence-corrected chi connectivity index (χ2v) is 10.8. The first-order valence-electron chi connectivity index (χ1n) is 16.3. The minimum Gasteiger partial charge on any atom is -0.497 e. The molecule has 6 rings (SSSR count). The van der Waals surface area contributed by atoms with Crippen molar-refractivity contribution in [1.29, 1.82) is 0 Å². The number of H-pyrrole nitrogens is 2. The summed E-state index contributed by atoms with van der Waals surface area (Å²) in [5.41, 5.74) is 4.92. The van der Waals surface area contributed by atoms with Gasteiger partial charge in [-0.2, -0.15) is 0 Å². The van der Waals surface area contributed by atoms with Crippen LogP contribution in [-0.4, -0.2) is 110 Å². The zero-order valence-corrected chi connectivity index (χ0v) is 28.1. The number of benzene rings is 2. The summed E-state index contributed by atoms with van der Waals surface area (Å²) in [6.07, 6.45) is 3.34. The van der Waals surface area contributed by atoms with Gasteiger partial charge in [-0.3, -0.25) is 0 Å². The molecule has 0 amide bonds. The third kappa shape index (κ3) is 9.66. The molecule has 262 valence electrons. The van der Waals surface area contributed by atoms with E-state index >= 15 is 0 Å². The van der Waals surface area contributed by atoms with Crippen molar-refractivity contribution in [3.63, 3.8) is 0 Å². The minimum absolute atomic E-state index is 0.406. The normalized spacial score (nSPS) is 11.3. The molecule has 4 aromatic heterocycles. The molecule has 4 heterocycles. The van der Waals surface area contributed by atoms with E-state index in [9.17, 15) is 0 Å². The fourth-order valence-electron chi connectivity index (χ4n) is 4.88. The number of fused-ring (bicyclic) bond motifs is 2. The molecule has 14 nitrogen and oxygen atoms in total. The monoisotopic (exact) mass is 684 g/mol. The summed E-state index contributed by atoms with van der Waals surface area (Å²) in [7, 11) is 3.27. The number of hydrogen-bond donors (Lipinski definition) is 2. The molecule has 0 saturated heterocycles. The zero-order chi connectivity index (χ0) is 34.4. The Labute approximate surface area is 289 Å². The lowest BCUT2D eigenvalue weighted by molar-refractivity contribution is -0.00700. The zero-order valence-electron chi connectivity index (χ0n) is 28.1. The fraction of sp³-hybridized carbons (Fsp3) is 0.333. The van der Waals surface area contributed by atoms with Gasteiger partial charge in [-0.25, -0.2) is 19.9 Å². The van der Waals surface area contributed by atoms with Crippen molar-refractivity contribution in [3.05, 3.63) is 73.1 Å². The third-order valence-electron chi connectivity index (χ3n) is 7.45. The number of aromatic amines is 2. The van der Waals surface area contributed by atoms with Crippen LogP contribution in [0.3, 0.4) is 0 Å². The van der Waals surface area contributed by atoms with Crippen molar-refractivity contribution in [1.82, 2.24) is 29.9 Å². The van der Waals surface area contributed by atoms with Gasteiger partial charge in [0.2, 0.25) is 0 Å². The number of ether oxygens (including phenoxy) is 8. The predicted octanol–water partition coefficient (Wildman–Crippen LogP) is 5.10. The highest BCUT2D eigenvalue weighted by molar-refractivity contribution is 5.81. The standard InChI is InChI=1S/C36H40N6O8/c1-43-25-3-7-29-33(21-25)41-35(39-29)31-9-5-27(23-37-31)49-19-17-47-15-13-45-11-12-46-14-16-48-18-20-50-28-6-10-32(38-24-28)36-40-30-8-4-26(44-2)22-34(30)42-36/h3-10,21-24H,11-20H2,1-2H3,(H,39,41)(H,40,42). The highest BCUT2D eigenvalue weighted by atomic mass is 16.6. The average Bonchev–Trinajstić information content (AvgIpc) is 3.79. The number of hydrogen-bond acceptors (Lipinski definition) is 12. The van der Waals surface area contributed by atoms with Crippen LogP contribution in [0.2, 0.25) is 0 Å². The molecule has 0 bridgehead atoms. The van der Waals surface area contributed by atoms with Crippen LogP contribution in [0.4, 0.5) is 0 Å². The number of methoxy groups -OCH3 is 2. The Morgan fingerprint density at radius 2 is 0.840 bits per heavy atom. The summed E-state index contributed by atoms with van der Waals surface area (Å²) in [6, 6.07) is 18.9. The predicted molar refractivity (Wildman–Crippen MR) is 186 cm³/mol. The molecule has 0 aliphatic rings. The summed E-state index contributed by atoms with van der Waals surface area (Å²) in [5, 5.41) is 0.